The number of nitrogens with zero attached hydrogens (tertiary/aromatic N) is 2. The molecule has 122 valence electrons. The molecule has 6 heteroatoms. The Morgan fingerprint density at radius 1 is 1.35 bits per heavy atom. The van der Waals surface area contributed by atoms with Gasteiger partial charge in [0.2, 0.25) is 0 Å². The summed E-state index contributed by atoms with van der Waals surface area (Å²) in [6, 6.07) is 9.21. The molecule has 0 spiro atoms. The van der Waals surface area contributed by atoms with Crippen LogP contribution >= 0.6 is 0 Å². The average molecular weight is 315 g/mol. The molecule has 23 heavy (non-hydrogen) atoms. The van der Waals surface area contributed by atoms with Crippen molar-refractivity contribution < 1.29 is 9.47 Å². The zero-order chi connectivity index (χ0) is 16.2. The third-order valence-corrected chi connectivity index (χ3v) is 3.71. The van der Waals surface area contributed by atoms with Crippen LogP contribution in [0.25, 0.3) is 0 Å². The van der Waals surface area contributed by atoms with E-state index in [0.29, 0.717) is 25.5 Å². The Morgan fingerprint density at radius 2 is 2.13 bits per heavy atom. The largest absolute Gasteiger partial charge is 0.486 e. The van der Waals surface area contributed by atoms with E-state index in [1.807, 2.05) is 38.2 Å². The van der Waals surface area contributed by atoms with Crippen molar-refractivity contribution in [2.24, 2.45) is 0 Å². The Kier molecular flexibility index (Phi) is 4.62. The number of likely N-dealkylation sites (N-methyl/N-ethyl adjacent to an activating group) is 1. The summed E-state index contributed by atoms with van der Waals surface area (Å²) >= 11 is 0. The molecular formula is C17H21N3O3. The Morgan fingerprint density at radius 3 is 2.91 bits per heavy atom. The number of aryl methyl sites for hydroxylation is 1. The van der Waals surface area contributed by atoms with Gasteiger partial charge in [-0.2, -0.15) is 0 Å². The van der Waals surface area contributed by atoms with Crippen molar-refractivity contribution in [3.63, 3.8) is 0 Å². The SMILES string of the molecule is CCc1cc(=O)[nH]c(CN(C)C[C@H]2COc3ccccc3O2)n1. The highest BCUT2D eigenvalue weighted by Gasteiger charge is 2.22. The third-order valence-electron chi connectivity index (χ3n) is 3.71. The van der Waals surface area contributed by atoms with Crippen molar-refractivity contribution in [1.29, 1.82) is 0 Å². The van der Waals surface area contributed by atoms with Crippen LogP contribution in [0.4, 0.5) is 0 Å². The molecule has 2 aromatic rings. The normalized spacial score (nSPS) is 16.6. The number of nitrogens with one attached hydrogen (secondary N) is 1. The van der Waals surface area contributed by atoms with Gasteiger partial charge in [-0.25, -0.2) is 4.98 Å². The molecule has 1 N–H and O–H groups in total. The lowest BCUT2D eigenvalue weighted by Gasteiger charge is -2.29. The molecule has 1 atom stereocenters. The van der Waals surface area contributed by atoms with Crippen molar-refractivity contribution >= 4 is 0 Å². The molecular weight excluding hydrogens is 294 g/mol. The van der Waals surface area contributed by atoms with E-state index in [0.717, 1.165) is 23.6 Å². The summed E-state index contributed by atoms with van der Waals surface area (Å²) in [4.78, 5) is 20.9. The van der Waals surface area contributed by atoms with Crippen molar-refractivity contribution in [1.82, 2.24) is 14.9 Å². The zero-order valence-corrected chi connectivity index (χ0v) is 13.4. The summed E-state index contributed by atoms with van der Waals surface area (Å²) in [5.74, 6) is 2.23. The molecule has 6 nitrogen and oxygen atoms in total. The maximum atomic E-state index is 11.6. The maximum absolute atomic E-state index is 11.6. The zero-order valence-electron chi connectivity index (χ0n) is 13.4. The second-order valence-electron chi connectivity index (χ2n) is 5.73. The van der Waals surface area contributed by atoms with Crippen LogP contribution in [0.15, 0.2) is 35.1 Å². The quantitative estimate of drug-likeness (QED) is 0.908. The van der Waals surface area contributed by atoms with Gasteiger partial charge in [0.05, 0.1) is 6.54 Å². The number of aromatic nitrogens is 2. The van der Waals surface area contributed by atoms with Crippen LogP contribution in [-0.4, -0.2) is 41.2 Å². The van der Waals surface area contributed by atoms with Gasteiger partial charge in [0, 0.05) is 18.3 Å². The number of fused-ring (bicyclic) bond motifs is 1. The lowest BCUT2D eigenvalue weighted by Crippen LogP contribution is -2.39. The van der Waals surface area contributed by atoms with Crippen LogP contribution in [-0.2, 0) is 13.0 Å². The molecule has 1 aliphatic heterocycles. The maximum Gasteiger partial charge on any atom is 0.251 e. The fourth-order valence-electron chi connectivity index (χ4n) is 2.64. The number of hydrogen-bond donors (Lipinski definition) is 1. The van der Waals surface area contributed by atoms with E-state index < -0.39 is 0 Å². The molecule has 0 fully saturated rings. The van der Waals surface area contributed by atoms with Gasteiger partial charge in [0.15, 0.2) is 11.5 Å². The summed E-state index contributed by atoms with van der Waals surface area (Å²) in [7, 11) is 1.97. The number of hydrogen-bond acceptors (Lipinski definition) is 5. The predicted molar refractivity (Wildman–Crippen MR) is 86.9 cm³/mol. The topological polar surface area (TPSA) is 67.5 Å². The van der Waals surface area contributed by atoms with E-state index in [4.69, 9.17) is 9.47 Å². The highest BCUT2D eigenvalue weighted by Crippen LogP contribution is 2.30. The van der Waals surface area contributed by atoms with Gasteiger partial charge in [-0.3, -0.25) is 9.69 Å². The van der Waals surface area contributed by atoms with Crippen LogP contribution < -0.4 is 15.0 Å². The van der Waals surface area contributed by atoms with E-state index in [-0.39, 0.29) is 11.7 Å². The van der Waals surface area contributed by atoms with Gasteiger partial charge >= 0.3 is 0 Å². The number of H-pyrrole nitrogens is 1. The highest BCUT2D eigenvalue weighted by atomic mass is 16.6. The second kappa shape index (κ2) is 6.83. The van der Waals surface area contributed by atoms with Gasteiger partial charge in [-0.05, 0) is 25.6 Å². The van der Waals surface area contributed by atoms with Gasteiger partial charge in [0.25, 0.3) is 5.56 Å². The van der Waals surface area contributed by atoms with E-state index in [2.05, 4.69) is 14.9 Å². The molecule has 1 aromatic heterocycles. The molecule has 2 heterocycles. The van der Waals surface area contributed by atoms with Gasteiger partial charge in [-0.1, -0.05) is 19.1 Å². The smallest absolute Gasteiger partial charge is 0.251 e. The predicted octanol–water partition coefficient (Wildman–Crippen LogP) is 1.60. The minimum absolute atomic E-state index is 0.0454. The van der Waals surface area contributed by atoms with Crippen LogP contribution in [0.5, 0.6) is 11.5 Å². The third kappa shape index (κ3) is 3.90. The van der Waals surface area contributed by atoms with E-state index in [1.54, 1.807) is 6.07 Å². The summed E-state index contributed by atoms with van der Waals surface area (Å²) in [5, 5.41) is 0. The van der Waals surface area contributed by atoms with Crippen molar-refractivity contribution in [3.8, 4) is 11.5 Å². The average Bonchev–Trinajstić information content (AvgIpc) is 2.54. The van der Waals surface area contributed by atoms with Crippen molar-refractivity contribution in [2.75, 3.05) is 20.2 Å². The fraction of sp³-hybridized carbons (Fsp3) is 0.412. The van der Waals surface area contributed by atoms with Crippen LogP contribution in [0.2, 0.25) is 0 Å². The molecule has 1 aliphatic rings. The minimum atomic E-state index is -0.105. The number of para-hydroxylation sites is 2. The number of benzene rings is 1. The Balaban J connectivity index is 1.61. The molecule has 0 saturated heterocycles. The Labute approximate surface area is 135 Å². The van der Waals surface area contributed by atoms with Crippen LogP contribution in [0, 0.1) is 0 Å². The summed E-state index contributed by atoms with van der Waals surface area (Å²) in [5.41, 5.74) is 0.703. The van der Waals surface area contributed by atoms with E-state index in [1.165, 1.54) is 0 Å². The summed E-state index contributed by atoms with van der Waals surface area (Å²) in [6.45, 7) is 3.75. The molecule has 0 radical (unpaired) electrons. The van der Waals surface area contributed by atoms with Gasteiger partial charge < -0.3 is 14.5 Å². The standard InChI is InChI=1S/C17H21N3O3/c1-3-12-8-17(21)19-16(18-12)10-20(2)9-13-11-22-14-6-4-5-7-15(14)23-13/h4-8,13H,3,9-11H2,1-2H3,(H,18,19,21)/t13-/m0/s1. The number of rotatable bonds is 5. The molecule has 0 saturated carbocycles. The van der Waals surface area contributed by atoms with Gasteiger partial charge in [0.1, 0.15) is 18.5 Å². The first-order valence-corrected chi connectivity index (χ1v) is 7.80. The number of aromatic amines is 1. The summed E-state index contributed by atoms with van der Waals surface area (Å²) < 4.78 is 11.7. The Hall–Kier alpha value is -2.34. The molecule has 3 rings (SSSR count). The van der Waals surface area contributed by atoms with E-state index in [9.17, 15) is 4.79 Å². The van der Waals surface area contributed by atoms with Crippen LogP contribution in [0.1, 0.15) is 18.4 Å². The molecule has 0 unspecified atom stereocenters. The van der Waals surface area contributed by atoms with E-state index >= 15 is 0 Å². The van der Waals surface area contributed by atoms with Crippen LogP contribution in [0.3, 0.4) is 0 Å². The minimum Gasteiger partial charge on any atom is -0.486 e. The first-order chi connectivity index (χ1) is 11.1. The Bertz CT molecular complexity index is 729. The fourth-order valence-corrected chi connectivity index (χ4v) is 2.64. The molecule has 0 aliphatic carbocycles. The lowest BCUT2D eigenvalue weighted by atomic mass is 10.2. The lowest BCUT2D eigenvalue weighted by molar-refractivity contribution is 0.0632. The molecule has 0 amide bonds. The summed E-state index contributed by atoms with van der Waals surface area (Å²) in [6.07, 6.45) is 0.702. The monoisotopic (exact) mass is 315 g/mol. The van der Waals surface area contributed by atoms with Crippen molar-refractivity contribution in [2.45, 2.75) is 26.0 Å². The number of ether oxygens (including phenoxy) is 2. The second-order valence-corrected chi connectivity index (χ2v) is 5.73. The molecule has 1 aromatic carbocycles. The molecule has 0 bridgehead atoms. The highest BCUT2D eigenvalue weighted by molar-refractivity contribution is 5.40. The first kappa shape index (κ1) is 15.6. The van der Waals surface area contributed by atoms with Crippen molar-refractivity contribution in [3.05, 3.63) is 52.2 Å². The van der Waals surface area contributed by atoms with Gasteiger partial charge in [-0.15, -0.1) is 0 Å². The first-order valence-electron chi connectivity index (χ1n) is 7.80.